The number of benzene rings is 1. The molecule has 0 unspecified atom stereocenters. The standard InChI is InChI=1S/C14H20O3S/c1-11(2)17-14(16)13-6-4-12(5-7-13)10-18-9-3-8-15/h4-7,11,15H,3,8-10H2,1-2H3. The van der Waals surface area contributed by atoms with E-state index < -0.39 is 0 Å². The van der Waals surface area contributed by atoms with Gasteiger partial charge in [-0.3, -0.25) is 0 Å². The highest BCUT2D eigenvalue weighted by Crippen LogP contribution is 2.14. The molecule has 0 spiro atoms. The molecule has 0 heterocycles. The summed E-state index contributed by atoms with van der Waals surface area (Å²) in [7, 11) is 0. The monoisotopic (exact) mass is 268 g/mol. The number of ether oxygens (including phenoxy) is 1. The summed E-state index contributed by atoms with van der Waals surface area (Å²) in [5.74, 6) is 1.58. The van der Waals surface area contributed by atoms with Gasteiger partial charge < -0.3 is 9.84 Å². The molecule has 100 valence electrons. The van der Waals surface area contributed by atoms with Gasteiger partial charge in [-0.25, -0.2) is 4.79 Å². The maximum atomic E-state index is 11.6. The highest BCUT2D eigenvalue weighted by Gasteiger charge is 2.08. The van der Waals surface area contributed by atoms with Gasteiger partial charge >= 0.3 is 5.97 Å². The van der Waals surface area contributed by atoms with E-state index in [0.29, 0.717) is 5.56 Å². The molecule has 3 nitrogen and oxygen atoms in total. The van der Waals surface area contributed by atoms with E-state index in [-0.39, 0.29) is 18.7 Å². The van der Waals surface area contributed by atoms with E-state index in [1.165, 1.54) is 5.56 Å². The van der Waals surface area contributed by atoms with E-state index in [9.17, 15) is 4.79 Å². The Kier molecular flexibility index (Phi) is 6.83. The molecule has 18 heavy (non-hydrogen) atoms. The van der Waals surface area contributed by atoms with Crippen molar-refractivity contribution in [2.75, 3.05) is 12.4 Å². The zero-order valence-electron chi connectivity index (χ0n) is 10.9. The highest BCUT2D eigenvalue weighted by atomic mass is 32.2. The molecule has 0 aliphatic rings. The van der Waals surface area contributed by atoms with Crippen molar-refractivity contribution in [1.29, 1.82) is 0 Å². The number of esters is 1. The lowest BCUT2D eigenvalue weighted by Gasteiger charge is -2.08. The molecular formula is C14H20O3S. The van der Waals surface area contributed by atoms with Gasteiger partial charge in [0.1, 0.15) is 0 Å². The number of carbonyl (C=O) groups excluding carboxylic acids is 1. The van der Waals surface area contributed by atoms with Gasteiger partial charge in [0.25, 0.3) is 0 Å². The van der Waals surface area contributed by atoms with Gasteiger partial charge in [-0.2, -0.15) is 11.8 Å². The van der Waals surface area contributed by atoms with Gasteiger partial charge in [-0.15, -0.1) is 0 Å². The van der Waals surface area contributed by atoms with E-state index in [2.05, 4.69) is 0 Å². The molecule has 0 radical (unpaired) electrons. The summed E-state index contributed by atoms with van der Waals surface area (Å²) in [4.78, 5) is 11.6. The van der Waals surface area contributed by atoms with Crippen LogP contribution in [0.4, 0.5) is 0 Å². The fraction of sp³-hybridized carbons (Fsp3) is 0.500. The van der Waals surface area contributed by atoms with Crippen molar-refractivity contribution < 1.29 is 14.6 Å². The van der Waals surface area contributed by atoms with Crippen molar-refractivity contribution in [1.82, 2.24) is 0 Å². The van der Waals surface area contributed by atoms with Crippen molar-refractivity contribution in [3.63, 3.8) is 0 Å². The van der Waals surface area contributed by atoms with Crippen LogP contribution in [0.3, 0.4) is 0 Å². The summed E-state index contributed by atoms with van der Waals surface area (Å²) in [5.41, 5.74) is 1.77. The largest absolute Gasteiger partial charge is 0.459 e. The topological polar surface area (TPSA) is 46.5 Å². The van der Waals surface area contributed by atoms with Crippen molar-refractivity contribution in [3.05, 3.63) is 35.4 Å². The number of thioether (sulfide) groups is 1. The lowest BCUT2D eigenvalue weighted by molar-refractivity contribution is 0.0378. The number of hydrogen-bond acceptors (Lipinski definition) is 4. The Bertz CT molecular complexity index is 360. The van der Waals surface area contributed by atoms with Gasteiger partial charge in [0.2, 0.25) is 0 Å². The van der Waals surface area contributed by atoms with E-state index in [1.807, 2.05) is 26.0 Å². The minimum Gasteiger partial charge on any atom is -0.459 e. The number of carbonyl (C=O) groups is 1. The third-order valence-electron chi connectivity index (χ3n) is 2.25. The van der Waals surface area contributed by atoms with Crippen molar-refractivity contribution in [2.45, 2.75) is 32.1 Å². The zero-order chi connectivity index (χ0) is 13.4. The van der Waals surface area contributed by atoms with Crippen LogP contribution < -0.4 is 0 Å². The maximum Gasteiger partial charge on any atom is 0.338 e. The highest BCUT2D eigenvalue weighted by molar-refractivity contribution is 7.98. The molecule has 0 aliphatic heterocycles. The Morgan fingerprint density at radius 1 is 1.33 bits per heavy atom. The summed E-state index contributed by atoms with van der Waals surface area (Å²) in [5, 5.41) is 8.67. The molecule has 1 rings (SSSR count). The molecule has 0 aromatic heterocycles. The fourth-order valence-electron chi connectivity index (χ4n) is 1.38. The fourth-order valence-corrected chi connectivity index (χ4v) is 2.28. The van der Waals surface area contributed by atoms with Crippen LogP contribution in [0.2, 0.25) is 0 Å². The molecule has 0 bridgehead atoms. The Labute approximate surface area is 113 Å². The minimum absolute atomic E-state index is 0.0915. The van der Waals surface area contributed by atoms with Crippen molar-refractivity contribution in [2.24, 2.45) is 0 Å². The first-order chi connectivity index (χ1) is 8.63. The van der Waals surface area contributed by atoms with Gasteiger partial charge in [0.05, 0.1) is 11.7 Å². The van der Waals surface area contributed by atoms with E-state index in [0.717, 1.165) is 17.9 Å². The summed E-state index contributed by atoms with van der Waals surface area (Å²) >= 11 is 1.78. The Hall–Kier alpha value is -1.00. The molecule has 0 atom stereocenters. The first-order valence-electron chi connectivity index (χ1n) is 6.12. The molecule has 1 aromatic rings. The van der Waals surface area contributed by atoms with Crippen molar-refractivity contribution in [3.8, 4) is 0 Å². The molecule has 0 fully saturated rings. The summed E-state index contributed by atoms with van der Waals surface area (Å²) < 4.78 is 5.12. The van der Waals surface area contributed by atoms with E-state index >= 15 is 0 Å². The second-order valence-electron chi connectivity index (χ2n) is 4.28. The number of aliphatic hydroxyl groups excluding tert-OH is 1. The summed E-state index contributed by atoms with van der Waals surface area (Å²) in [6.07, 6.45) is 0.731. The van der Waals surface area contributed by atoms with E-state index in [1.54, 1.807) is 23.9 Å². The predicted octanol–water partition coefficient (Wildman–Crippen LogP) is 2.87. The summed E-state index contributed by atoms with van der Waals surface area (Å²) in [6, 6.07) is 7.49. The van der Waals surface area contributed by atoms with Crippen LogP contribution in [0.1, 0.15) is 36.2 Å². The van der Waals surface area contributed by atoms with Gasteiger partial charge in [-0.1, -0.05) is 12.1 Å². The zero-order valence-corrected chi connectivity index (χ0v) is 11.7. The lowest BCUT2D eigenvalue weighted by Crippen LogP contribution is -2.11. The lowest BCUT2D eigenvalue weighted by atomic mass is 10.1. The SMILES string of the molecule is CC(C)OC(=O)c1ccc(CSCCCO)cc1. The number of hydrogen-bond donors (Lipinski definition) is 1. The second kappa shape index (κ2) is 8.16. The first-order valence-corrected chi connectivity index (χ1v) is 7.27. The molecule has 0 amide bonds. The predicted molar refractivity (Wildman–Crippen MR) is 74.9 cm³/mol. The van der Waals surface area contributed by atoms with Gasteiger partial charge in [0.15, 0.2) is 0 Å². The Morgan fingerprint density at radius 3 is 2.56 bits per heavy atom. The molecule has 0 saturated heterocycles. The Morgan fingerprint density at radius 2 is 2.00 bits per heavy atom. The second-order valence-corrected chi connectivity index (χ2v) is 5.39. The first kappa shape index (κ1) is 15.1. The van der Waals surface area contributed by atoms with Crippen LogP contribution in [0.25, 0.3) is 0 Å². The van der Waals surface area contributed by atoms with Crippen LogP contribution in [0.15, 0.2) is 24.3 Å². The van der Waals surface area contributed by atoms with E-state index in [4.69, 9.17) is 9.84 Å². The quantitative estimate of drug-likeness (QED) is 0.610. The average molecular weight is 268 g/mol. The van der Waals surface area contributed by atoms with Crippen molar-refractivity contribution >= 4 is 17.7 Å². The molecule has 0 saturated carbocycles. The van der Waals surface area contributed by atoms with Crippen LogP contribution in [-0.2, 0) is 10.5 Å². The van der Waals surface area contributed by atoms with Gasteiger partial charge in [-0.05, 0) is 43.7 Å². The third-order valence-corrected chi connectivity index (χ3v) is 3.36. The third kappa shape index (κ3) is 5.56. The maximum absolute atomic E-state index is 11.6. The number of aliphatic hydroxyl groups is 1. The minimum atomic E-state index is -0.274. The van der Waals surface area contributed by atoms with Crippen LogP contribution in [-0.4, -0.2) is 29.5 Å². The Balaban J connectivity index is 2.44. The average Bonchev–Trinajstić information content (AvgIpc) is 2.34. The normalized spacial score (nSPS) is 10.7. The number of rotatable bonds is 7. The smallest absolute Gasteiger partial charge is 0.338 e. The van der Waals surface area contributed by atoms with Gasteiger partial charge in [0, 0.05) is 12.4 Å². The van der Waals surface area contributed by atoms with Crippen LogP contribution >= 0.6 is 11.8 Å². The molecule has 4 heteroatoms. The van der Waals surface area contributed by atoms with Crippen LogP contribution in [0.5, 0.6) is 0 Å². The molecular weight excluding hydrogens is 248 g/mol. The van der Waals surface area contributed by atoms with Crippen LogP contribution in [0, 0.1) is 0 Å². The summed E-state index contributed by atoms with van der Waals surface area (Å²) in [6.45, 7) is 3.92. The molecule has 1 aromatic carbocycles. The molecule has 0 aliphatic carbocycles. The molecule has 1 N–H and O–H groups in total.